The van der Waals surface area contributed by atoms with Gasteiger partial charge < -0.3 is 5.11 Å². The average Bonchev–Trinajstić information content (AvgIpc) is 3.10. The van der Waals surface area contributed by atoms with Gasteiger partial charge in [0, 0.05) is 29.3 Å². The van der Waals surface area contributed by atoms with Crippen LogP contribution in [-0.4, -0.2) is 21.8 Å². The van der Waals surface area contributed by atoms with E-state index in [1.807, 2.05) is 6.07 Å². The summed E-state index contributed by atoms with van der Waals surface area (Å²) in [7, 11) is 0. The molecule has 1 N–H and O–H groups in total. The molecule has 28 heavy (non-hydrogen) atoms. The second-order valence-electron chi connectivity index (χ2n) is 6.10. The molecule has 1 heterocycles. The Labute approximate surface area is 168 Å². The normalized spacial score (nSPS) is 12.0. The van der Waals surface area contributed by atoms with Crippen LogP contribution in [0.5, 0.6) is 0 Å². The van der Waals surface area contributed by atoms with Crippen molar-refractivity contribution in [3.63, 3.8) is 0 Å². The summed E-state index contributed by atoms with van der Waals surface area (Å²) in [4.78, 5) is 28.2. The molecule has 1 aromatic heterocycles. The quantitative estimate of drug-likeness (QED) is 0.575. The van der Waals surface area contributed by atoms with Gasteiger partial charge in [0.05, 0.1) is 16.6 Å². The summed E-state index contributed by atoms with van der Waals surface area (Å²) in [5.41, 5.74) is 0.850. The lowest BCUT2D eigenvalue weighted by Gasteiger charge is -2.13. The Morgan fingerprint density at radius 3 is 2.64 bits per heavy atom. The summed E-state index contributed by atoms with van der Waals surface area (Å²) in [5.74, 6) is -4.93. The highest BCUT2D eigenvalue weighted by Gasteiger charge is 2.27. The third-order valence-corrected chi connectivity index (χ3v) is 5.35. The van der Waals surface area contributed by atoms with Gasteiger partial charge in [0.2, 0.25) is 0 Å². The van der Waals surface area contributed by atoms with Gasteiger partial charge in [0.1, 0.15) is 22.4 Å². The maximum absolute atomic E-state index is 13.9. The first-order chi connectivity index (χ1) is 13.3. The number of hydrogen-bond donors (Lipinski definition) is 1. The minimum absolute atomic E-state index is 0.109. The lowest BCUT2D eigenvalue weighted by molar-refractivity contribution is -0.140. The number of Topliss-reactive ketones (excluding diaryl/α,β-unsaturated/α-hetero) is 1. The predicted molar refractivity (Wildman–Crippen MR) is 103 cm³/mol. The molecule has 0 fully saturated rings. The molecule has 0 amide bonds. The fraction of sp³-hybridized carbons (Fsp3) is 0.150. The summed E-state index contributed by atoms with van der Waals surface area (Å²) in [6, 6.07) is 9.69. The number of carbonyl (C=O) groups excluding carboxylic acids is 1. The summed E-state index contributed by atoms with van der Waals surface area (Å²) >= 11 is 7.45. The molecule has 3 aromatic rings. The third kappa shape index (κ3) is 4.61. The number of carboxylic acid groups (broad SMARTS) is 1. The molecule has 0 aliphatic carbocycles. The van der Waals surface area contributed by atoms with Crippen LogP contribution in [0, 0.1) is 11.6 Å². The number of rotatable bonds is 7. The number of ketones is 1. The van der Waals surface area contributed by atoms with Crippen molar-refractivity contribution in [1.29, 1.82) is 0 Å². The van der Waals surface area contributed by atoms with Crippen LogP contribution < -0.4 is 0 Å². The zero-order chi connectivity index (χ0) is 20.3. The van der Waals surface area contributed by atoms with Crippen molar-refractivity contribution < 1.29 is 23.5 Å². The van der Waals surface area contributed by atoms with E-state index in [1.54, 1.807) is 23.6 Å². The predicted octanol–water partition coefficient (Wildman–Crippen LogP) is 5.11. The van der Waals surface area contributed by atoms with Crippen LogP contribution in [0.4, 0.5) is 8.78 Å². The molecule has 144 valence electrons. The molecule has 8 heteroatoms. The van der Waals surface area contributed by atoms with Crippen LogP contribution in [0.3, 0.4) is 0 Å². The summed E-state index contributed by atoms with van der Waals surface area (Å²) in [5, 5.41) is 12.2. The lowest BCUT2D eigenvalue weighted by Crippen LogP contribution is -2.19. The van der Waals surface area contributed by atoms with Crippen LogP contribution in [0.1, 0.15) is 23.6 Å². The highest BCUT2D eigenvalue weighted by Crippen LogP contribution is 2.31. The van der Waals surface area contributed by atoms with E-state index in [4.69, 9.17) is 11.6 Å². The van der Waals surface area contributed by atoms with E-state index in [2.05, 4.69) is 4.98 Å². The smallest absolute Gasteiger partial charge is 0.311 e. The molecule has 0 bridgehead atoms. The molecule has 4 nitrogen and oxygen atoms in total. The summed E-state index contributed by atoms with van der Waals surface area (Å²) in [6.45, 7) is 0. The molecule has 3 rings (SSSR count). The van der Waals surface area contributed by atoms with Crippen LogP contribution in [-0.2, 0) is 16.0 Å². The molecular formula is C20H14ClF2NO3S. The van der Waals surface area contributed by atoms with E-state index in [1.165, 1.54) is 11.3 Å². The minimum Gasteiger partial charge on any atom is -0.481 e. The van der Waals surface area contributed by atoms with Gasteiger partial charge in [-0.25, -0.2) is 13.8 Å². The number of carboxylic acids is 1. The fourth-order valence-corrected chi connectivity index (χ4v) is 3.90. The largest absolute Gasteiger partial charge is 0.481 e. The zero-order valence-corrected chi connectivity index (χ0v) is 15.9. The van der Waals surface area contributed by atoms with Gasteiger partial charge in [-0.15, -0.1) is 11.3 Å². The number of carbonyl (C=O) groups is 2. The van der Waals surface area contributed by atoms with Gasteiger partial charge in [-0.3, -0.25) is 9.59 Å². The topological polar surface area (TPSA) is 67.3 Å². The van der Waals surface area contributed by atoms with Gasteiger partial charge in [0.15, 0.2) is 0 Å². The molecule has 1 unspecified atom stereocenters. The summed E-state index contributed by atoms with van der Waals surface area (Å²) in [6.07, 6.45) is -0.573. The Kier molecular flexibility index (Phi) is 6.16. The van der Waals surface area contributed by atoms with Gasteiger partial charge in [0.25, 0.3) is 0 Å². The van der Waals surface area contributed by atoms with Crippen LogP contribution >= 0.6 is 22.9 Å². The van der Waals surface area contributed by atoms with Gasteiger partial charge in [-0.05, 0) is 24.3 Å². The van der Waals surface area contributed by atoms with Crippen molar-refractivity contribution in [2.24, 2.45) is 0 Å². The van der Waals surface area contributed by atoms with Crippen molar-refractivity contribution >= 4 is 34.7 Å². The SMILES string of the molecule is O=C(Cc1csc(-c2ccccc2Cl)n1)CC(C(=O)O)c1cc(F)ccc1F. The monoisotopic (exact) mass is 421 g/mol. The maximum atomic E-state index is 13.9. The second kappa shape index (κ2) is 8.58. The maximum Gasteiger partial charge on any atom is 0.311 e. The highest BCUT2D eigenvalue weighted by molar-refractivity contribution is 7.13. The van der Waals surface area contributed by atoms with Gasteiger partial charge >= 0.3 is 5.97 Å². The number of benzene rings is 2. The van der Waals surface area contributed by atoms with E-state index in [0.717, 1.165) is 23.8 Å². The first kappa shape index (κ1) is 20.1. The third-order valence-electron chi connectivity index (χ3n) is 4.10. The number of nitrogens with zero attached hydrogens (tertiary/aromatic N) is 1. The Morgan fingerprint density at radius 1 is 1.18 bits per heavy atom. The van der Waals surface area contributed by atoms with E-state index in [0.29, 0.717) is 15.7 Å². The number of halogens is 3. The minimum atomic E-state index is -1.47. The molecule has 2 aromatic carbocycles. The van der Waals surface area contributed by atoms with E-state index >= 15 is 0 Å². The van der Waals surface area contributed by atoms with Gasteiger partial charge in [-0.1, -0.05) is 29.8 Å². The van der Waals surface area contributed by atoms with Crippen LogP contribution in [0.15, 0.2) is 47.8 Å². The summed E-state index contributed by atoms with van der Waals surface area (Å²) < 4.78 is 27.3. The van der Waals surface area contributed by atoms with Crippen molar-refractivity contribution in [1.82, 2.24) is 4.98 Å². The molecule has 0 spiro atoms. The lowest BCUT2D eigenvalue weighted by atomic mass is 9.92. The Balaban J connectivity index is 1.75. The molecule has 0 saturated carbocycles. The fourth-order valence-electron chi connectivity index (χ4n) is 2.76. The highest BCUT2D eigenvalue weighted by atomic mass is 35.5. The van der Waals surface area contributed by atoms with E-state index < -0.39 is 35.7 Å². The van der Waals surface area contributed by atoms with Crippen molar-refractivity contribution in [3.8, 4) is 10.6 Å². The number of hydrogen-bond acceptors (Lipinski definition) is 4. The molecule has 0 aliphatic rings. The van der Waals surface area contributed by atoms with E-state index in [9.17, 15) is 23.5 Å². The van der Waals surface area contributed by atoms with Crippen molar-refractivity contribution in [2.75, 3.05) is 0 Å². The molecule has 1 atom stereocenters. The van der Waals surface area contributed by atoms with Crippen LogP contribution in [0.2, 0.25) is 5.02 Å². The molecule has 0 aliphatic heterocycles. The standard InChI is InChI=1S/C20H14ClF2NO3S/c21-17-4-2-1-3-14(17)19-24-12(10-28-19)8-13(25)9-16(20(26)27)15-7-11(22)5-6-18(15)23/h1-7,10,16H,8-9H2,(H,26,27). The number of thiazole rings is 1. The molecule has 0 radical (unpaired) electrons. The Morgan fingerprint density at radius 2 is 1.93 bits per heavy atom. The second-order valence-corrected chi connectivity index (χ2v) is 7.37. The average molecular weight is 422 g/mol. The van der Waals surface area contributed by atoms with Crippen LogP contribution in [0.25, 0.3) is 10.6 Å². The number of aliphatic carboxylic acids is 1. The number of aromatic nitrogens is 1. The zero-order valence-electron chi connectivity index (χ0n) is 14.4. The van der Waals surface area contributed by atoms with Crippen molar-refractivity contribution in [2.45, 2.75) is 18.8 Å². The molecular weight excluding hydrogens is 408 g/mol. The van der Waals surface area contributed by atoms with E-state index in [-0.39, 0.29) is 12.0 Å². The Bertz CT molecular complexity index is 1040. The van der Waals surface area contributed by atoms with Crippen molar-refractivity contribution in [3.05, 3.63) is 75.8 Å². The van der Waals surface area contributed by atoms with Gasteiger partial charge in [-0.2, -0.15) is 0 Å². The first-order valence-electron chi connectivity index (χ1n) is 8.24. The first-order valence-corrected chi connectivity index (χ1v) is 9.49. The molecule has 0 saturated heterocycles. The Hall–Kier alpha value is -2.64.